The SMILES string of the molecule is CC1(CNC(=O)c2csc(CCN)n2)CC1.Cl. The Labute approximate surface area is 111 Å². The summed E-state index contributed by atoms with van der Waals surface area (Å²) in [5.74, 6) is -0.0624. The third kappa shape index (κ3) is 3.94. The minimum atomic E-state index is -0.0624. The molecule has 96 valence electrons. The minimum Gasteiger partial charge on any atom is -0.350 e. The molecule has 1 heterocycles. The molecule has 4 nitrogen and oxygen atoms in total. The van der Waals surface area contributed by atoms with Gasteiger partial charge in [-0.3, -0.25) is 4.79 Å². The molecule has 0 aromatic carbocycles. The normalized spacial score (nSPS) is 16.1. The number of nitrogens with zero attached hydrogens (tertiary/aromatic N) is 1. The first-order valence-corrected chi connectivity index (χ1v) is 6.44. The molecular weight excluding hydrogens is 258 g/mol. The molecule has 1 amide bonds. The Morgan fingerprint density at radius 2 is 2.35 bits per heavy atom. The Morgan fingerprint density at radius 3 is 2.94 bits per heavy atom. The van der Waals surface area contributed by atoms with Crippen molar-refractivity contribution in [2.75, 3.05) is 13.1 Å². The summed E-state index contributed by atoms with van der Waals surface area (Å²) >= 11 is 1.50. The highest BCUT2D eigenvalue weighted by molar-refractivity contribution is 7.09. The van der Waals surface area contributed by atoms with Crippen LogP contribution in [-0.2, 0) is 6.42 Å². The highest BCUT2D eigenvalue weighted by atomic mass is 35.5. The fraction of sp³-hybridized carbons (Fsp3) is 0.636. The van der Waals surface area contributed by atoms with Gasteiger partial charge < -0.3 is 11.1 Å². The third-order valence-corrected chi connectivity index (χ3v) is 3.83. The van der Waals surface area contributed by atoms with Crippen LogP contribution in [-0.4, -0.2) is 24.0 Å². The summed E-state index contributed by atoms with van der Waals surface area (Å²) in [6, 6.07) is 0. The zero-order chi connectivity index (χ0) is 11.6. The van der Waals surface area contributed by atoms with Crippen molar-refractivity contribution < 1.29 is 4.79 Å². The van der Waals surface area contributed by atoms with Gasteiger partial charge >= 0.3 is 0 Å². The summed E-state index contributed by atoms with van der Waals surface area (Å²) in [5, 5.41) is 5.67. The van der Waals surface area contributed by atoms with E-state index in [0.717, 1.165) is 18.0 Å². The average molecular weight is 276 g/mol. The number of halogens is 1. The Kier molecular flexibility index (Phi) is 4.91. The summed E-state index contributed by atoms with van der Waals surface area (Å²) < 4.78 is 0. The van der Waals surface area contributed by atoms with E-state index in [1.165, 1.54) is 24.2 Å². The fourth-order valence-corrected chi connectivity index (χ4v) is 2.22. The monoisotopic (exact) mass is 275 g/mol. The molecule has 3 N–H and O–H groups in total. The maximum Gasteiger partial charge on any atom is 0.270 e. The molecule has 1 aliphatic carbocycles. The van der Waals surface area contributed by atoms with Crippen LogP contribution in [0.2, 0.25) is 0 Å². The number of carbonyl (C=O) groups is 1. The molecule has 17 heavy (non-hydrogen) atoms. The minimum absolute atomic E-state index is 0. The maximum atomic E-state index is 11.7. The van der Waals surface area contributed by atoms with Crippen molar-refractivity contribution in [1.29, 1.82) is 0 Å². The number of nitrogens with one attached hydrogen (secondary N) is 1. The van der Waals surface area contributed by atoms with Crippen molar-refractivity contribution in [3.8, 4) is 0 Å². The van der Waals surface area contributed by atoms with Gasteiger partial charge in [0.1, 0.15) is 5.69 Å². The van der Waals surface area contributed by atoms with E-state index >= 15 is 0 Å². The van der Waals surface area contributed by atoms with Crippen LogP contribution in [0, 0.1) is 5.41 Å². The lowest BCUT2D eigenvalue weighted by Gasteiger charge is -2.08. The number of aromatic nitrogens is 1. The van der Waals surface area contributed by atoms with Gasteiger partial charge in [0.25, 0.3) is 5.91 Å². The highest BCUT2D eigenvalue weighted by Crippen LogP contribution is 2.44. The van der Waals surface area contributed by atoms with Gasteiger partial charge in [-0.05, 0) is 24.8 Å². The molecule has 0 aliphatic heterocycles. The number of hydrogen-bond acceptors (Lipinski definition) is 4. The molecular formula is C11H18ClN3OS. The topological polar surface area (TPSA) is 68.0 Å². The lowest BCUT2D eigenvalue weighted by molar-refractivity contribution is 0.0941. The van der Waals surface area contributed by atoms with E-state index in [4.69, 9.17) is 5.73 Å². The fourth-order valence-electron chi connectivity index (χ4n) is 1.43. The van der Waals surface area contributed by atoms with Crippen molar-refractivity contribution in [3.05, 3.63) is 16.1 Å². The van der Waals surface area contributed by atoms with Gasteiger partial charge in [0.2, 0.25) is 0 Å². The standard InChI is InChI=1S/C11H17N3OS.ClH/c1-11(3-4-11)7-13-10(15)8-6-16-9(14-8)2-5-12;/h6H,2-5,7,12H2,1H3,(H,13,15);1H. The largest absolute Gasteiger partial charge is 0.350 e. The van der Waals surface area contributed by atoms with Crippen LogP contribution in [0.25, 0.3) is 0 Å². The molecule has 0 bridgehead atoms. The number of nitrogens with two attached hydrogens (primary N) is 1. The van der Waals surface area contributed by atoms with E-state index < -0.39 is 0 Å². The van der Waals surface area contributed by atoms with E-state index in [0.29, 0.717) is 17.7 Å². The van der Waals surface area contributed by atoms with E-state index in [-0.39, 0.29) is 18.3 Å². The first kappa shape index (κ1) is 14.4. The molecule has 0 unspecified atom stereocenters. The molecule has 6 heteroatoms. The van der Waals surface area contributed by atoms with Gasteiger partial charge in [-0.1, -0.05) is 6.92 Å². The molecule has 1 aromatic rings. The molecule has 2 rings (SSSR count). The Bertz CT molecular complexity index is 390. The molecule has 0 atom stereocenters. The van der Waals surface area contributed by atoms with Crippen molar-refractivity contribution in [3.63, 3.8) is 0 Å². The van der Waals surface area contributed by atoms with E-state index in [1.807, 2.05) is 0 Å². The van der Waals surface area contributed by atoms with Crippen molar-refractivity contribution in [2.45, 2.75) is 26.2 Å². The van der Waals surface area contributed by atoms with Gasteiger partial charge in [-0.2, -0.15) is 0 Å². The summed E-state index contributed by atoms with van der Waals surface area (Å²) in [7, 11) is 0. The van der Waals surface area contributed by atoms with Crippen LogP contribution in [0.15, 0.2) is 5.38 Å². The Hall–Kier alpha value is -0.650. The van der Waals surface area contributed by atoms with Gasteiger partial charge in [0.15, 0.2) is 0 Å². The second-order valence-electron chi connectivity index (χ2n) is 4.66. The van der Waals surface area contributed by atoms with Gasteiger partial charge in [0.05, 0.1) is 5.01 Å². The molecule has 1 saturated carbocycles. The Morgan fingerprint density at radius 1 is 1.65 bits per heavy atom. The summed E-state index contributed by atoms with van der Waals surface area (Å²) in [6.45, 7) is 3.52. The van der Waals surface area contributed by atoms with Gasteiger partial charge in [0, 0.05) is 18.3 Å². The molecule has 1 aliphatic rings. The second-order valence-corrected chi connectivity index (χ2v) is 5.60. The van der Waals surface area contributed by atoms with Gasteiger partial charge in [-0.15, -0.1) is 23.7 Å². The van der Waals surface area contributed by atoms with E-state index in [1.54, 1.807) is 5.38 Å². The number of amides is 1. The summed E-state index contributed by atoms with van der Waals surface area (Å²) in [4.78, 5) is 16.0. The lowest BCUT2D eigenvalue weighted by atomic mass is 10.1. The summed E-state index contributed by atoms with van der Waals surface area (Å²) in [6.07, 6.45) is 3.17. The smallest absolute Gasteiger partial charge is 0.270 e. The molecule has 0 spiro atoms. The predicted octanol–water partition coefficient (Wildman–Crippen LogP) is 1.60. The third-order valence-electron chi connectivity index (χ3n) is 2.92. The molecule has 1 fully saturated rings. The number of thiazole rings is 1. The van der Waals surface area contributed by atoms with E-state index in [2.05, 4.69) is 17.2 Å². The summed E-state index contributed by atoms with van der Waals surface area (Å²) in [5.41, 5.74) is 6.30. The van der Waals surface area contributed by atoms with Crippen LogP contribution in [0.1, 0.15) is 35.3 Å². The predicted molar refractivity (Wildman–Crippen MR) is 71.8 cm³/mol. The zero-order valence-electron chi connectivity index (χ0n) is 9.86. The quantitative estimate of drug-likeness (QED) is 0.858. The molecule has 1 aromatic heterocycles. The zero-order valence-corrected chi connectivity index (χ0v) is 11.5. The number of carbonyl (C=O) groups excluding carboxylic acids is 1. The number of hydrogen-bond donors (Lipinski definition) is 2. The maximum absolute atomic E-state index is 11.7. The van der Waals surface area contributed by atoms with Crippen molar-refractivity contribution in [1.82, 2.24) is 10.3 Å². The number of rotatable bonds is 5. The van der Waals surface area contributed by atoms with Crippen LogP contribution in [0.4, 0.5) is 0 Å². The first-order chi connectivity index (χ1) is 7.63. The lowest BCUT2D eigenvalue weighted by Crippen LogP contribution is -2.29. The van der Waals surface area contributed by atoms with Crippen molar-refractivity contribution in [2.24, 2.45) is 11.1 Å². The van der Waals surface area contributed by atoms with Crippen LogP contribution < -0.4 is 11.1 Å². The molecule has 0 radical (unpaired) electrons. The Balaban J connectivity index is 0.00000144. The van der Waals surface area contributed by atoms with Gasteiger partial charge in [-0.25, -0.2) is 4.98 Å². The second kappa shape index (κ2) is 5.80. The van der Waals surface area contributed by atoms with Crippen LogP contribution in [0.3, 0.4) is 0 Å². The van der Waals surface area contributed by atoms with Crippen LogP contribution >= 0.6 is 23.7 Å². The van der Waals surface area contributed by atoms with E-state index in [9.17, 15) is 4.79 Å². The van der Waals surface area contributed by atoms with Crippen LogP contribution in [0.5, 0.6) is 0 Å². The first-order valence-electron chi connectivity index (χ1n) is 5.56. The highest BCUT2D eigenvalue weighted by Gasteiger charge is 2.37. The average Bonchev–Trinajstić information content (AvgIpc) is 2.81. The van der Waals surface area contributed by atoms with Crippen molar-refractivity contribution >= 4 is 29.7 Å². The molecule has 0 saturated heterocycles.